The summed E-state index contributed by atoms with van der Waals surface area (Å²) in [4.78, 5) is 11.3. The van der Waals surface area contributed by atoms with Gasteiger partial charge in [-0.1, -0.05) is 48.6 Å². The van der Waals surface area contributed by atoms with Gasteiger partial charge >= 0.3 is 5.97 Å². The molecule has 0 unspecified atom stereocenters. The molecule has 1 aromatic rings. The van der Waals surface area contributed by atoms with Crippen LogP contribution in [0.15, 0.2) is 48.6 Å². The van der Waals surface area contributed by atoms with E-state index in [4.69, 9.17) is 4.74 Å². The number of unbranched alkanes of at least 4 members (excludes halogenated alkanes) is 1. The fourth-order valence-corrected chi connectivity index (χ4v) is 1.49. The van der Waals surface area contributed by atoms with Gasteiger partial charge in [0.25, 0.3) is 0 Å². The van der Waals surface area contributed by atoms with Crippen molar-refractivity contribution >= 4 is 12.0 Å². The minimum atomic E-state index is -0.290. The van der Waals surface area contributed by atoms with Gasteiger partial charge in [0.05, 0.1) is 6.61 Å². The molecule has 0 aliphatic rings. The number of carbonyl (C=O) groups is 1. The number of esters is 1. The smallest absolute Gasteiger partial charge is 0.330 e. The zero-order valence-electron chi connectivity index (χ0n) is 11.3. The lowest BCUT2D eigenvalue weighted by Crippen LogP contribution is -2.09. The Hall–Kier alpha value is -1.87. The molecule has 0 heterocycles. The molecule has 19 heavy (non-hydrogen) atoms. The second kappa shape index (κ2) is 10.1. The second-order valence-corrected chi connectivity index (χ2v) is 4.11. The molecule has 3 nitrogen and oxygen atoms in total. The van der Waals surface area contributed by atoms with Crippen LogP contribution in [0.5, 0.6) is 0 Å². The van der Waals surface area contributed by atoms with Crippen molar-refractivity contribution in [1.29, 1.82) is 0 Å². The summed E-state index contributed by atoms with van der Waals surface area (Å²) in [7, 11) is 1.91. The molecule has 3 heteroatoms. The molecule has 1 N–H and O–H groups in total. The van der Waals surface area contributed by atoms with Crippen LogP contribution in [0.25, 0.3) is 6.08 Å². The molecule has 0 aliphatic carbocycles. The van der Waals surface area contributed by atoms with Crippen molar-refractivity contribution in [2.75, 3.05) is 20.2 Å². The van der Waals surface area contributed by atoms with E-state index in [-0.39, 0.29) is 5.97 Å². The highest BCUT2D eigenvalue weighted by atomic mass is 16.5. The monoisotopic (exact) mass is 259 g/mol. The molecule has 0 fully saturated rings. The molecule has 1 aromatic carbocycles. The molecule has 0 spiro atoms. The lowest BCUT2D eigenvalue weighted by molar-refractivity contribution is -0.137. The Morgan fingerprint density at radius 2 is 2.00 bits per heavy atom. The van der Waals surface area contributed by atoms with Gasteiger partial charge in [0, 0.05) is 6.08 Å². The summed E-state index contributed by atoms with van der Waals surface area (Å²) in [6, 6.07) is 9.93. The van der Waals surface area contributed by atoms with Crippen molar-refractivity contribution in [3.05, 3.63) is 54.1 Å². The molecule has 0 atom stereocenters. The van der Waals surface area contributed by atoms with Crippen LogP contribution in [0, 0.1) is 0 Å². The van der Waals surface area contributed by atoms with Crippen molar-refractivity contribution < 1.29 is 9.53 Å². The third kappa shape index (κ3) is 7.95. The number of allylic oxidation sites excluding steroid dienone is 2. The van der Waals surface area contributed by atoms with Gasteiger partial charge < -0.3 is 10.1 Å². The molecular weight excluding hydrogens is 238 g/mol. The highest BCUT2D eigenvalue weighted by molar-refractivity contribution is 5.82. The number of hydrogen-bond acceptors (Lipinski definition) is 3. The van der Waals surface area contributed by atoms with Gasteiger partial charge in [-0.3, -0.25) is 0 Å². The van der Waals surface area contributed by atoms with Crippen molar-refractivity contribution in [1.82, 2.24) is 5.32 Å². The van der Waals surface area contributed by atoms with E-state index in [1.165, 1.54) is 6.08 Å². The predicted octanol–water partition coefficient (Wildman–Crippen LogP) is 2.80. The van der Waals surface area contributed by atoms with Crippen molar-refractivity contribution in [3.63, 3.8) is 0 Å². The molecule has 0 radical (unpaired) electrons. The number of benzene rings is 1. The lowest BCUT2D eigenvalue weighted by atomic mass is 10.2. The van der Waals surface area contributed by atoms with Crippen molar-refractivity contribution in [3.8, 4) is 0 Å². The molecule has 1 rings (SSSR count). The van der Waals surface area contributed by atoms with Crippen LogP contribution in [0.3, 0.4) is 0 Å². The van der Waals surface area contributed by atoms with Crippen LogP contribution < -0.4 is 5.32 Å². The maximum atomic E-state index is 11.3. The first kappa shape index (κ1) is 15.2. The lowest BCUT2D eigenvalue weighted by Gasteiger charge is -2.01. The standard InChI is InChI=1S/C16H21NO2/c1-17-13-7-8-14-19-16(18)12-6-5-11-15-9-3-2-4-10-15/h2-6,9-12,17H,7-8,13-14H2,1H3/b11-5+,12-6+. The average molecular weight is 259 g/mol. The SMILES string of the molecule is CNCCCCOC(=O)/C=C/C=C/c1ccccc1. The van der Waals surface area contributed by atoms with E-state index in [1.54, 1.807) is 6.08 Å². The van der Waals surface area contributed by atoms with Crippen LogP contribution in [0.1, 0.15) is 18.4 Å². The van der Waals surface area contributed by atoms with Gasteiger partial charge in [-0.25, -0.2) is 4.79 Å². The zero-order chi connectivity index (χ0) is 13.8. The van der Waals surface area contributed by atoms with E-state index in [0.717, 1.165) is 24.9 Å². The van der Waals surface area contributed by atoms with Crippen LogP contribution >= 0.6 is 0 Å². The third-order valence-corrected chi connectivity index (χ3v) is 2.50. The summed E-state index contributed by atoms with van der Waals surface area (Å²) in [5.41, 5.74) is 1.10. The topological polar surface area (TPSA) is 38.3 Å². The first-order valence-corrected chi connectivity index (χ1v) is 6.54. The maximum Gasteiger partial charge on any atom is 0.330 e. The van der Waals surface area contributed by atoms with E-state index in [2.05, 4.69) is 5.32 Å². The highest BCUT2D eigenvalue weighted by Gasteiger charge is 1.95. The van der Waals surface area contributed by atoms with Gasteiger partial charge in [-0.2, -0.15) is 0 Å². The summed E-state index contributed by atoms with van der Waals surface area (Å²) in [5, 5.41) is 3.05. The van der Waals surface area contributed by atoms with Gasteiger partial charge in [-0.05, 0) is 32.0 Å². The van der Waals surface area contributed by atoms with Crippen LogP contribution in [0.2, 0.25) is 0 Å². The van der Waals surface area contributed by atoms with Crippen molar-refractivity contribution in [2.24, 2.45) is 0 Å². The minimum absolute atomic E-state index is 0.290. The molecule has 102 valence electrons. The summed E-state index contributed by atoms with van der Waals surface area (Å²) >= 11 is 0. The summed E-state index contributed by atoms with van der Waals surface area (Å²) in [6.45, 7) is 1.43. The molecule has 0 saturated heterocycles. The quantitative estimate of drug-likeness (QED) is 0.338. The van der Waals surface area contributed by atoms with E-state index >= 15 is 0 Å². The fourth-order valence-electron chi connectivity index (χ4n) is 1.49. The average Bonchev–Trinajstić information content (AvgIpc) is 2.44. The normalized spacial score (nSPS) is 11.2. The number of hydrogen-bond donors (Lipinski definition) is 1. The summed E-state index contributed by atoms with van der Waals surface area (Å²) < 4.78 is 5.05. The molecule has 0 amide bonds. The Morgan fingerprint density at radius 3 is 2.74 bits per heavy atom. The first-order chi connectivity index (χ1) is 9.33. The Morgan fingerprint density at radius 1 is 1.21 bits per heavy atom. The largest absolute Gasteiger partial charge is 0.463 e. The molecular formula is C16H21NO2. The van der Waals surface area contributed by atoms with Crippen LogP contribution in [0.4, 0.5) is 0 Å². The Labute approximate surface area is 115 Å². The van der Waals surface area contributed by atoms with E-state index < -0.39 is 0 Å². The fraction of sp³-hybridized carbons (Fsp3) is 0.312. The number of carbonyl (C=O) groups excluding carboxylic acids is 1. The predicted molar refractivity (Wildman–Crippen MR) is 78.7 cm³/mol. The Bertz CT molecular complexity index is 410. The van der Waals surface area contributed by atoms with E-state index in [0.29, 0.717) is 6.61 Å². The van der Waals surface area contributed by atoms with Crippen LogP contribution in [-0.4, -0.2) is 26.2 Å². The summed E-state index contributed by atoms with van der Waals surface area (Å²) in [5.74, 6) is -0.290. The van der Waals surface area contributed by atoms with Gasteiger partial charge in [0.1, 0.15) is 0 Å². The molecule has 0 saturated carbocycles. The maximum absolute atomic E-state index is 11.3. The number of rotatable bonds is 8. The Kier molecular flexibility index (Phi) is 8.07. The third-order valence-electron chi connectivity index (χ3n) is 2.50. The van der Waals surface area contributed by atoms with Gasteiger partial charge in [0.2, 0.25) is 0 Å². The van der Waals surface area contributed by atoms with Crippen molar-refractivity contribution in [2.45, 2.75) is 12.8 Å². The van der Waals surface area contributed by atoms with E-state index in [9.17, 15) is 4.79 Å². The highest BCUT2D eigenvalue weighted by Crippen LogP contribution is 2.00. The van der Waals surface area contributed by atoms with Gasteiger partial charge in [0.15, 0.2) is 0 Å². The molecule has 0 bridgehead atoms. The Balaban J connectivity index is 2.18. The number of nitrogens with one attached hydrogen (secondary N) is 1. The second-order valence-electron chi connectivity index (χ2n) is 4.11. The minimum Gasteiger partial charge on any atom is -0.463 e. The van der Waals surface area contributed by atoms with E-state index in [1.807, 2.05) is 49.5 Å². The zero-order valence-corrected chi connectivity index (χ0v) is 11.3. The molecule has 0 aromatic heterocycles. The number of ether oxygens (including phenoxy) is 1. The van der Waals surface area contributed by atoms with Crippen LogP contribution in [-0.2, 0) is 9.53 Å². The molecule has 0 aliphatic heterocycles. The first-order valence-electron chi connectivity index (χ1n) is 6.54. The van der Waals surface area contributed by atoms with Gasteiger partial charge in [-0.15, -0.1) is 0 Å². The summed E-state index contributed by atoms with van der Waals surface area (Å²) in [6.07, 6.45) is 8.82.